The molecule has 1 unspecified atom stereocenters. The van der Waals surface area contributed by atoms with E-state index in [4.69, 9.17) is 16.3 Å². The topological polar surface area (TPSA) is 63.9 Å². The molecule has 8 heteroatoms. The number of imidazole rings is 1. The predicted molar refractivity (Wildman–Crippen MR) is 79.0 cm³/mol. The number of rotatable bonds is 4. The summed E-state index contributed by atoms with van der Waals surface area (Å²) < 4.78 is 33.7. The minimum atomic E-state index is -3.72. The zero-order valence-electron chi connectivity index (χ0n) is 11.6. The monoisotopic (exact) mass is 329 g/mol. The lowest BCUT2D eigenvalue weighted by Gasteiger charge is -2.20. The molecule has 2 aromatic heterocycles. The van der Waals surface area contributed by atoms with Crippen LogP contribution in [0.25, 0.3) is 5.65 Å². The van der Waals surface area contributed by atoms with Crippen LogP contribution >= 0.6 is 11.6 Å². The van der Waals surface area contributed by atoms with Gasteiger partial charge in [-0.2, -0.15) is 4.31 Å². The Morgan fingerprint density at radius 3 is 3.05 bits per heavy atom. The molecule has 0 bridgehead atoms. The van der Waals surface area contributed by atoms with Gasteiger partial charge < -0.3 is 4.74 Å². The second kappa shape index (κ2) is 5.57. The molecular weight excluding hydrogens is 314 g/mol. The molecule has 0 radical (unpaired) electrons. The molecule has 1 atom stereocenters. The van der Waals surface area contributed by atoms with Gasteiger partial charge in [0.2, 0.25) is 0 Å². The van der Waals surface area contributed by atoms with Crippen molar-refractivity contribution in [3.63, 3.8) is 0 Å². The Kier molecular flexibility index (Phi) is 3.92. The van der Waals surface area contributed by atoms with Gasteiger partial charge in [0.1, 0.15) is 5.65 Å². The number of hydrogen-bond donors (Lipinski definition) is 0. The number of halogens is 1. The van der Waals surface area contributed by atoms with Gasteiger partial charge in [-0.05, 0) is 25.0 Å². The number of nitrogens with zero attached hydrogens (tertiary/aromatic N) is 3. The molecule has 0 spiro atoms. The van der Waals surface area contributed by atoms with Crippen molar-refractivity contribution in [3.05, 3.63) is 29.5 Å². The molecule has 3 heterocycles. The number of hydrogen-bond acceptors (Lipinski definition) is 4. The predicted octanol–water partition coefficient (Wildman–Crippen LogP) is 1.79. The van der Waals surface area contributed by atoms with Crippen molar-refractivity contribution in [2.45, 2.75) is 24.0 Å². The van der Waals surface area contributed by atoms with Crippen LogP contribution in [0.4, 0.5) is 0 Å². The second-order valence-corrected chi connectivity index (χ2v) is 7.38. The first kappa shape index (κ1) is 14.8. The molecule has 1 aliphatic heterocycles. The highest BCUT2D eigenvalue weighted by atomic mass is 35.5. The van der Waals surface area contributed by atoms with Crippen molar-refractivity contribution in [2.75, 3.05) is 20.2 Å². The van der Waals surface area contributed by atoms with Crippen LogP contribution in [0.15, 0.2) is 29.4 Å². The van der Waals surface area contributed by atoms with Gasteiger partial charge >= 0.3 is 0 Å². The maximum atomic E-state index is 12.7. The lowest BCUT2D eigenvalue weighted by molar-refractivity contribution is 0.0978. The van der Waals surface area contributed by atoms with Gasteiger partial charge in [0, 0.05) is 26.4 Å². The molecule has 0 saturated carbocycles. The largest absolute Gasteiger partial charge is 0.377 e. The van der Waals surface area contributed by atoms with E-state index in [1.54, 1.807) is 24.4 Å². The highest BCUT2D eigenvalue weighted by Gasteiger charge is 2.31. The van der Waals surface area contributed by atoms with E-state index in [1.165, 1.54) is 15.8 Å². The molecule has 0 amide bonds. The van der Waals surface area contributed by atoms with Gasteiger partial charge in [-0.1, -0.05) is 17.7 Å². The van der Waals surface area contributed by atoms with E-state index >= 15 is 0 Å². The van der Waals surface area contributed by atoms with Gasteiger partial charge in [0.05, 0.1) is 6.10 Å². The SMILES string of the molecule is CN(CC1CCCO1)S(=O)(=O)c1c(Cl)nc2ccccn12. The first-order chi connectivity index (χ1) is 10.00. The number of fused-ring (bicyclic) bond motifs is 1. The fourth-order valence-electron chi connectivity index (χ4n) is 2.50. The molecule has 1 aliphatic rings. The summed E-state index contributed by atoms with van der Waals surface area (Å²) in [6.07, 6.45) is 3.43. The van der Waals surface area contributed by atoms with Crippen molar-refractivity contribution in [1.82, 2.24) is 13.7 Å². The minimum absolute atomic E-state index is 0.000244. The average Bonchev–Trinajstić information content (AvgIpc) is 3.04. The summed E-state index contributed by atoms with van der Waals surface area (Å²) in [5, 5.41) is -0.0133. The minimum Gasteiger partial charge on any atom is -0.377 e. The van der Waals surface area contributed by atoms with Crippen LogP contribution in [0.5, 0.6) is 0 Å². The van der Waals surface area contributed by atoms with E-state index in [2.05, 4.69) is 4.98 Å². The summed E-state index contributed by atoms with van der Waals surface area (Å²) >= 11 is 6.04. The lowest BCUT2D eigenvalue weighted by atomic mass is 10.2. The molecule has 114 valence electrons. The maximum Gasteiger partial charge on any atom is 0.262 e. The first-order valence-electron chi connectivity index (χ1n) is 6.70. The van der Waals surface area contributed by atoms with Crippen LogP contribution in [0.2, 0.25) is 5.15 Å². The molecule has 3 rings (SSSR count). The number of aromatic nitrogens is 2. The quantitative estimate of drug-likeness (QED) is 0.858. The normalized spacial score (nSPS) is 19.7. The van der Waals surface area contributed by atoms with Crippen molar-refractivity contribution < 1.29 is 13.2 Å². The van der Waals surface area contributed by atoms with Crippen LogP contribution in [0.1, 0.15) is 12.8 Å². The lowest BCUT2D eigenvalue weighted by Crippen LogP contribution is -2.34. The summed E-state index contributed by atoms with van der Waals surface area (Å²) in [6, 6.07) is 5.24. The first-order valence-corrected chi connectivity index (χ1v) is 8.52. The number of pyridine rings is 1. The molecule has 0 aliphatic carbocycles. The van der Waals surface area contributed by atoms with Crippen LogP contribution in [-0.4, -0.2) is 48.4 Å². The van der Waals surface area contributed by atoms with Crippen LogP contribution in [0, 0.1) is 0 Å². The molecule has 0 N–H and O–H groups in total. The van der Waals surface area contributed by atoms with Gasteiger partial charge in [-0.3, -0.25) is 4.40 Å². The van der Waals surface area contributed by atoms with E-state index in [0.29, 0.717) is 18.8 Å². The second-order valence-electron chi connectivity index (χ2n) is 5.06. The fourth-order valence-corrected chi connectivity index (χ4v) is 4.29. The van der Waals surface area contributed by atoms with Gasteiger partial charge in [0.15, 0.2) is 10.2 Å². The Hall–Kier alpha value is -1.15. The fraction of sp³-hybridized carbons (Fsp3) is 0.462. The van der Waals surface area contributed by atoms with E-state index in [1.807, 2.05) is 0 Å². The molecule has 21 heavy (non-hydrogen) atoms. The third-order valence-electron chi connectivity index (χ3n) is 3.59. The standard InChI is InChI=1S/C13H16ClN3O3S/c1-16(9-10-5-4-8-20-10)21(18,19)13-12(14)15-11-6-2-3-7-17(11)13/h2-3,6-7,10H,4-5,8-9H2,1H3. The third kappa shape index (κ3) is 2.66. The zero-order valence-corrected chi connectivity index (χ0v) is 13.1. The van der Waals surface area contributed by atoms with E-state index in [-0.39, 0.29) is 16.3 Å². The Balaban J connectivity index is 1.97. The molecule has 6 nitrogen and oxygen atoms in total. The van der Waals surface area contributed by atoms with Crippen LogP contribution < -0.4 is 0 Å². The molecule has 1 saturated heterocycles. The summed E-state index contributed by atoms with van der Waals surface area (Å²) in [6.45, 7) is 1.01. The van der Waals surface area contributed by atoms with Gasteiger partial charge in [0.25, 0.3) is 10.0 Å². The summed E-state index contributed by atoms with van der Waals surface area (Å²) in [4.78, 5) is 4.08. The number of ether oxygens (including phenoxy) is 1. The van der Waals surface area contributed by atoms with Crippen LogP contribution in [0.3, 0.4) is 0 Å². The molecule has 0 aromatic carbocycles. The maximum absolute atomic E-state index is 12.7. The average molecular weight is 330 g/mol. The highest BCUT2D eigenvalue weighted by molar-refractivity contribution is 7.89. The Morgan fingerprint density at radius 2 is 2.33 bits per heavy atom. The van der Waals surface area contributed by atoms with Crippen molar-refractivity contribution in [3.8, 4) is 0 Å². The molecule has 2 aromatic rings. The number of likely N-dealkylation sites (N-methyl/N-ethyl adjacent to an activating group) is 1. The van der Waals surface area contributed by atoms with Gasteiger partial charge in [-0.25, -0.2) is 13.4 Å². The summed E-state index contributed by atoms with van der Waals surface area (Å²) in [5.41, 5.74) is 0.506. The third-order valence-corrected chi connectivity index (χ3v) is 5.81. The molecule has 1 fully saturated rings. The van der Waals surface area contributed by atoms with Crippen molar-refractivity contribution >= 4 is 27.3 Å². The van der Waals surface area contributed by atoms with E-state index in [9.17, 15) is 8.42 Å². The zero-order chi connectivity index (χ0) is 15.0. The van der Waals surface area contributed by atoms with Crippen molar-refractivity contribution in [1.29, 1.82) is 0 Å². The van der Waals surface area contributed by atoms with Gasteiger partial charge in [-0.15, -0.1) is 0 Å². The molecular formula is C13H16ClN3O3S. The summed E-state index contributed by atoms with van der Waals surface area (Å²) in [7, 11) is -2.18. The Labute approximate surface area is 128 Å². The summed E-state index contributed by atoms with van der Waals surface area (Å²) in [5.74, 6) is 0. The number of sulfonamides is 1. The Bertz CT molecular complexity index is 753. The Morgan fingerprint density at radius 1 is 1.52 bits per heavy atom. The van der Waals surface area contributed by atoms with E-state index < -0.39 is 10.0 Å². The van der Waals surface area contributed by atoms with Crippen molar-refractivity contribution in [2.24, 2.45) is 0 Å². The van der Waals surface area contributed by atoms with Crippen LogP contribution in [-0.2, 0) is 14.8 Å². The smallest absolute Gasteiger partial charge is 0.262 e. The highest BCUT2D eigenvalue weighted by Crippen LogP contribution is 2.26. The van der Waals surface area contributed by atoms with E-state index in [0.717, 1.165) is 12.8 Å².